The molecular weight excluding hydrogens is 224 g/mol. The summed E-state index contributed by atoms with van der Waals surface area (Å²) in [6.07, 6.45) is -4.93. The summed E-state index contributed by atoms with van der Waals surface area (Å²) in [6, 6.07) is 2.42. The van der Waals surface area contributed by atoms with Crippen LogP contribution in [0.3, 0.4) is 0 Å². The van der Waals surface area contributed by atoms with E-state index in [-0.39, 0.29) is 0 Å². The predicted molar refractivity (Wildman–Crippen MR) is 41.6 cm³/mol. The summed E-state index contributed by atoms with van der Waals surface area (Å²) < 4.78 is 49.4. The molecule has 0 atom stereocenters. The van der Waals surface area contributed by atoms with E-state index in [0.717, 1.165) is 12.1 Å². The molecule has 14 heavy (non-hydrogen) atoms. The molecule has 0 fully saturated rings. The minimum Gasteiger partial charge on any atom is -0.276 e. The van der Waals surface area contributed by atoms with E-state index >= 15 is 0 Å². The molecule has 0 aromatic heterocycles. The zero-order valence-corrected chi connectivity index (χ0v) is 7.29. The summed E-state index contributed by atoms with van der Waals surface area (Å²) in [7, 11) is 0. The van der Waals surface area contributed by atoms with Gasteiger partial charge in [0, 0.05) is 5.56 Å². The van der Waals surface area contributed by atoms with Gasteiger partial charge in [-0.1, -0.05) is 6.07 Å². The molecule has 1 aromatic carbocycles. The van der Waals surface area contributed by atoms with Gasteiger partial charge in [-0.3, -0.25) is 4.79 Å². The van der Waals surface area contributed by atoms with Crippen molar-refractivity contribution in [3.05, 3.63) is 35.1 Å². The largest absolute Gasteiger partial charge is 0.419 e. The molecule has 1 nitrogen and oxygen atoms in total. The minimum absolute atomic E-state index is 0.617. The van der Waals surface area contributed by atoms with Crippen molar-refractivity contribution in [2.24, 2.45) is 0 Å². The van der Waals surface area contributed by atoms with Gasteiger partial charge in [0.2, 0.25) is 0 Å². The normalized spacial score (nSPS) is 11.5. The van der Waals surface area contributed by atoms with Gasteiger partial charge in [-0.05, 0) is 23.7 Å². The first-order chi connectivity index (χ1) is 6.34. The Hall–Kier alpha value is -1.10. The second-order valence-corrected chi connectivity index (χ2v) is 2.78. The maximum atomic E-state index is 12.8. The van der Waals surface area contributed by atoms with E-state index in [1.165, 1.54) is 0 Å². The molecular formula is C8H3ClF4O. The van der Waals surface area contributed by atoms with Gasteiger partial charge in [0.1, 0.15) is 11.4 Å². The summed E-state index contributed by atoms with van der Waals surface area (Å²) in [5, 5.41) is -1.34. The molecule has 0 aliphatic rings. The van der Waals surface area contributed by atoms with Crippen molar-refractivity contribution in [1.82, 2.24) is 0 Å². The standard InChI is InChI=1S/C8H3ClF4O/c9-7(14)4-2-1-3-5(10)6(4)8(11,12)13/h1-3H. The maximum absolute atomic E-state index is 12.8. The summed E-state index contributed by atoms with van der Waals surface area (Å²) in [6.45, 7) is 0. The van der Waals surface area contributed by atoms with E-state index in [1.54, 1.807) is 0 Å². The van der Waals surface area contributed by atoms with Gasteiger partial charge in [-0.15, -0.1) is 0 Å². The van der Waals surface area contributed by atoms with Crippen LogP contribution in [0.5, 0.6) is 0 Å². The fourth-order valence-corrected chi connectivity index (χ4v) is 1.13. The summed E-state index contributed by atoms with van der Waals surface area (Å²) >= 11 is 4.88. The molecule has 0 aliphatic carbocycles. The molecule has 0 saturated heterocycles. The lowest BCUT2D eigenvalue weighted by Crippen LogP contribution is -2.13. The zero-order valence-electron chi connectivity index (χ0n) is 6.53. The highest BCUT2D eigenvalue weighted by Crippen LogP contribution is 2.34. The Kier molecular flexibility index (Phi) is 2.80. The number of benzene rings is 1. The van der Waals surface area contributed by atoms with Gasteiger partial charge in [0.25, 0.3) is 5.24 Å². The van der Waals surface area contributed by atoms with Crippen molar-refractivity contribution in [3.63, 3.8) is 0 Å². The van der Waals surface area contributed by atoms with Crippen LogP contribution < -0.4 is 0 Å². The highest BCUT2D eigenvalue weighted by molar-refractivity contribution is 6.67. The summed E-state index contributed by atoms with van der Waals surface area (Å²) in [5.74, 6) is -1.51. The van der Waals surface area contributed by atoms with E-state index in [2.05, 4.69) is 0 Å². The van der Waals surface area contributed by atoms with E-state index < -0.39 is 28.4 Å². The number of hydrogen-bond donors (Lipinski definition) is 0. The van der Waals surface area contributed by atoms with E-state index in [9.17, 15) is 22.4 Å². The number of alkyl halides is 3. The number of carbonyl (C=O) groups is 1. The molecule has 1 rings (SSSR count). The van der Waals surface area contributed by atoms with Crippen LogP contribution in [0.25, 0.3) is 0 Å². The monoisotopic (exact) mass is 226 g/mol. The third-order valence-electron chi connectivity index (χ3n) is 1.51. The number of rotatable bonds is 1. The lowest BCUT2D eigenvalue weighted by molar-refractivity contribution is -0.140. The third kappa shape index (κ3) is 2.04. The topological polar surface area (TPSA) is 17.1 Å². The van der Waals surface area contributed by atoms with Crippen LogP contribution in [0.15, 0.2) is 18.2 Å². The van der Waals surface area contributed by atoms with Gasteiger partial charge < -0.3 is 0 Å². The molecule has 0 saturated carbocycles. The molecule has 6 heteroatoms. The lowest BCUT2D eigenvalue weighted by atomic mass is 10.1. The quantitative estimate of drug-likeness (QED) is 0.531. The highest BCUT2D eigenvalue weighted by Gasteiger charge is 2.38. The van der Waals surface area contributed by atoms with Crippen LogP contribution in [0, 0.1) is 5.82 Å². The van der Waals surface area contributed by atoms with Crippen molar-refractivity contribution < 1.29 is 22.4 Å². The van der Waals surface area contributed by atoms with Crippen LogP contribution in [0.2, 0.25) is 0 Å². The first-order valence-corrected chi connectivity index (χ1v) is 3.77. The highest BCUT2D eigenvalue weighted by atomic mass is 35.5. The number of hydrogen-bond acceptors (Lipinski definition) is 1. The second-order valence-electron chi connectivity index (χ2n) is 2.43. The fourth-order valence-electron chi connectivity index (χ4n) is 0.976. The van der Waals surface area contributed by atoms with Crippen molar-refractivity contribution in [2.75, 3.05) is 0 Å². The SMILES string of the molecule is O=C(Cl)c1cccc(F)c1C(F)(F)F. The molecule has 0 unspecified atom stereocenters. The van der Waals surface area contributed by atoms with Gasteiger partial charge in [0.15, 0.2) is 0 Å². The number of carbonyl (C=O) groups excluding carboxylic acids is 1. The lowest BCUT2D eigenvalue weighted by Gasteiger charge is -2.10. The second kappa shape index (κ2) is 3.57. The van der Waals surface area contributed by atoms with E-state index in [1.807, 2.05) is 0 Å². The van der Waals surface area contributed by atoms with Crippen LogP contribution in [0.1, 0.15) is 15.9 Å². The van der Waals surface area contributed by atoms with Crippen LogP contribution in [0.4, 0.5) is 17.6 Å². The Morgan fingerprint density at radius 2 is 1.86 bits per heavy atom. The van der Waals surface area contributed by atoms with Gasteiger partial charge in [0.05, 0.1) is 0 Å². The molecule has 0 bridgehead atoms. The summed E-state index contributed by atoms with van der Waals surface area (Å²) in [5.41, 5.74) is -2.50. The van der Waals surface area contributed by atoms with Gasteiger partial charge in [-0.25, -0.2) is 4.39 Å². The molecule has 0 amide bonds. The zero-order chi connectivity index (χ0) is 10.9. The maximum Gasteiger partial charge on any atom is 0.419 e. The van der Waals surface area contributed by atoms with Gasteiger partial charge in [-0.2, -0.15) is 13.2 Å². The predicted octanol–water partition coefficient (Wildman–Crippen LogP) is 3.22. The van der Waals surface area contributed by atoms with Crippen molar-refractivity contribution in [3.8, 4) is 0 Å². The van der Waals surface area contributed by atoms with Crippen molar-refractivity contribution in [1.29, 1.82) is 0 Å². The van der Waals surface area contributed by atoms with Gasteiger partial charge >= 0.3 is 6.18 Å². The molecule has 0 heterocycles. The van der Waals surface area contributed by atoms with Crippen LogP contribution in [-0.2, 0) is 6.18 Å². The average Bonchev–Trinajstić information content (AvgIpc) is 2.01. The first kappa shape index (κ1) is 11.0. The van der Waals surface area contributed by atoms with Crippen molar-refractivity contribution >= 4 is 16.8 Å². The molecule has 76 valence electrons. The molecule has 0 spiro atoms. The third-order valence-corrected chi connectivity index (χ3v) is 1.71. The van der Waals surface area contributed by atoms with Crippen LogP contribution in [-0.4, -0.2) is 5.24 Å². The average molecular weight is 227 g/mol. The molecule has 1 aromatic rings. The van der Waals surface area contributed by atoms with E-state index in [4.69, 9.17) is 11.6 Å². The summed E-state index contributed by atoms with van der Waals surface area (Å²) in [4.78, 5) is 10.6. The van der Waals surface area contributed by atoms with E-state index in [0.29, 0.717) is 6.07 Å². The number of halogens is 5. The Labute approximate surface area is 81.3 Å². The minimum atomic E-state index is -4.93. The molecule has 0 aliphatic heterocycles. The Bertz CT molecular complexity index is 372. The Balaban J connectivity index is 3.45. The first-order valence-electron chi connectivity index (χ1n) is 3.39. The smallest absolute Gasteiger partial charge is 0.276 e. The fraction of sp³-hybridized carbons (Fsp3) is 0.125. The molecule has 0 N–H and O–H groups in total. The van der Waals surface area contributed by atoms with Crippen molar-refractivity contribution in [2.45, 2.75) is 6.18 Å². The Morgan fingerprint density at radius 3 is 2.21 bits per heavy atom. The Morgan fingerprint density at radius 1 is 1.29 bits per heavy atom. The molecule has 0 radical (unpaired) electrons. The van der Waals surface area contributed by atoms with Crippen LogP contribution >= 0.6 is 11.6 Å².